The summed E-state index contributed by atoms with van der Waals surface area (Å²) in [5.74, 6) is -2.91. The molecule has 1 aliphatic heterocycles. The lowest BCUT2D eigenvalue weighted by molar-refractivity contribution is -0.153. The fourth-order valence-electron chi connectivity index (χ4n) is 3.16. The van der Waals surface area contributed by atoms with E-state index in [4.69, 9.17) is 4.74 Å². The molecular formula is C19H25FN2O6S. The topological polar surface area (TPSA) is 110 Å². The van der Waals surface area contributed by atoms with E-state index < -0.39 is 52.6 Å². The van der Waals surface area contributed by atoms with E-state index in [1.807, 2.05) is 6.92 Å². The van der Waals surface area contributed by atoms with Crippen LogP contribution in [0.1, 0.15) is 37.0 Å². The molecule has 0 aliphatic carbocycles. The number of carbonyl (C=O) groups excluding carboxylic acids is 3. The first-order chi connectivity index (χ1) is 13.6. The number of rotatable bonds is 8. The average molecular weight is 428 g/mol. The summed E-state index contributed by atoms with van der Waals surface area (Å²) in [6, 6.07) is 4.67. The molecule has 1 fully saturated rings. The number of amides is 2. The van der Waals surface area contributed by atoms with Crippen LogP contribution < -0.4 is 5.32 Å². The monoisotopic (exact) mass is 428 g/mol. The Bertz CT molecular complexity index is 873. The number of nitrogens with one attached hydrogen (secondary N) is 1. The highest BCUT2D eigenvalue weighted by Crippen LogP contribution is 2.21. The highest BCUT2D eigenvalue weighted by Gasteiger charge is 2.36. The third kappa shape index (κ3) is 6.25. The van der Waals surface area contributed by atoms with Gasteiger partial charge in [-0.25, -0.2) is 12.8 Å². The number of hydrogen-bond donors (Lipinski definition) is 1. The maximum Gasteiger partial charge on any atom is 0.325 e. The van der Waals surface area contributed by atoms with Crippen molar-refractivity contribution in [2.45, 2.75) is 38.8 Å². The van der Waals surface area contributed by atoms with Crippen molar-refractivity contribution in [3.05, 3.63) is 35.6 Å². The van der Waals surface area contributed by atoms with Gasteiger partial charge in [-0.15, -0.1) is 0 Å². The van der Waals surface area contributed by atoms with Gasteiger partial charge in [0.2, 0.25) is 0 Å². The molecule has 0 radical (unpaired) electrons. The molecule has 1 aromatic carbocycles. The van der Waals surface area contributed by atoms with E-state index in [1.165, 1.54) is 23.1 Å². The van der Waals surface area contributed by atoms with Crippen LogP contribution in [0, 0.1) is 5.82 Å². The van der Waals surface area contributed by atoms with Crippen molar-refractivity contribution in [1.82, 2.24) is 10.2 Å². The Morgan fingerprint density at radius 3 is 2.59 bits per heavy atom. The van der Waals surface area contributed by atoms with Crippen molar-refractivity contribution in [2.75, 3.05) is 24.7 Å². The van der Waals surface area contributed by atoms with Crippen molar-refractivity contribution in [2.24, 2.45) is 0 Å². The quantitative estimate of drug-likeness (QED) is 0.617. The number of halogens is 1. The SMILES string of the molecule is CC[C@H](C)N(C(=O)COC(=O)CNC(=O)c1ccccc1F)[C@@H]1CCS(=O)(=O)C1. The Morgan fingerprint density at radius 1 is 1.31 bits per heavy atom. The number of ether oxygens (including phenoxy) is 1. The smallest absolute Gasteiger partial charge is 0.325 e. The highest BCUT2D eigenvalue weighted by molar-refractivity contribution is 7.91. The van der Waals surface area contributed by atoms with Gasteiger partial charge in [-0.3, -0.25) is 14.4 Å². The molecule has 1 saturated heterocycles. The zero-order valence-electron chi connectivity index (χ0n) is 16.4. The van der Waals surface area contributed by atoms with Crippen LogP contribution in [0.5, 0.6) is 0 Å². The lowest BCUT2D eigenvalue weighted by Crippen LogP contribution is -2.48. The van der Waals surface area contributed by atoms with Crippen LogP contribution in [0.3, 0.4) is 0 Å². The van der Waals surface area contributed by atoms with Crippen LogP contribution in [-0.4, -0.2) is 67.8 Å². The molecule has 1 aromatic rings. The Hall–Kier alpha value is -2.49. The minimum absolute atomic E-state index is 0.0275. The fraction of sp³-hybridized carbons (Fsp3) is 0.526. The van der Waals surface area contributed by atoms with Crippen LogP contribution in [0.2, 0.25) is 0 Å². The van der Waals surface area contributed by atoms with Gasteiger partial charge in [0.1, 0.15) is 12.4 Å². The van der Waals surface area contributed by atoms with Crippen LogP contribution in [0.25, 0.3) is 0 Å². The summed E-state index contributed by atoms with van der Waals surface area (Å²) in [6.45, 7) is 2.59. The number of esters is 1. The number of hydrogen-bond acceptors (Lipinski definition) is 6. The van der Waals surface area contributed by atoms with Gasteiger partial charge in [-0.2, -0.15) is 0 Å². The highest BCUT2D eigenvalue weighted by atomic mass is 32.2. The maximum atomic E-state index is 13.5. The van der Waals surface area contributed by atoms with E-state index in [0.717, 1.165) is 6.07 Å². The predicted octanol–water partition coefficient (Wildman–Crippen LogP) is 0.913. The van der Waals surface area contributed by atoms with Gasteiger partial charge in [0.15, 0.2) is 16.4 Å². The number of nitrogens with zero attached hydrogens (tertiary/aromatic N) is 1. The summed E-state index contributed by atoms with van der Waals surface area (Å²) in [6.07, 6.45) is 0.972. The predicted molar refractivity (Wildman–Crippen MR) is 103 cm³/mol. The summed E-state index contributed by atoms with van der Waals surface area (Å²) in [5.41, 5.74) is -0.207. The van der Waals surface area contributed by atoms with E-state index in [1.54, 1.807) is 6.92 Å². The van der Waals surface area contributed by atoms with Crippen LogP contribution in [0.4, 0.5) is 4.39 Å². The zero-order chi connectivity index (χ0) is 21.6. The summed E-state index contributed by atoms with van der Waals surface area (Å²) < 4.78 is 42.0. The van der Waals surface area contributed by atoms with Crippen LogP contribution in [-0.2, 0) is 24.2 Å². The lowest BCUT2D eigenvalue weighted by atomic mass is 10.1. The number of benzene rings is 1. The summed E-state index contributed by atoms with van der Waals surface area (Å²) >= 11 is 0. The van der Waals surface area contributed by atoms with E-state index in [0.29, 0.717) is 12.8 Å². The van der Waals surface area contributed by atoms with E-state index in [-0.39, 0.29) is 23.1 Å². The standard InChI is InChI=1S/C19H25FN2O6S/c1-3-13(2)22(14-8-9-29(26,27)12-14)17(23)11-28-18(24)10-21-19(25)15-6-4-5-7-16(15)20/h4-7,13-14H,3,8-12H2,1-2H3,(H,21,25)/t13-,14+/m0/s1. The molecule has 1 aliphatic rings. The molecule has 2 amide bonds. The Morgan fingerprint density at radius 2 is 2.00 bits per heavy atom. The van der Waals surface area contributed by atoms with Gasteiger partial charge in [0.05, 0.1) is 17.1 Å². The second-order valence-corrected chi connectivity index (χ2v) is 9.17. The summed E-state index contributed by atoms with van der Waals surface area (Å²) in [7, 11) is -3.17. The molecule has 10 heteroatoms. The van der Waals surface area contributed by atoms with Crippen molar-refractivity contribution < 1.29 is 31.9 Å². The van der Waals surface area contributed by atoms with Gasteiger partial charge in [0, 0.05) is 12.1 Å². The first kappa shape index (κ1) is 22.8. The van der Waals surface area contributed by atoms with E-state index in [2.05, 4.69) is 5.32 Å². The lowest BCUT2D eigenvalue weighted by Gasteiger charge is -2.33. The molecule has 2 atom stereocenters. The van der Waals surface area contributed by atoms with Crippen molar-refractivity contribution in [3.63, 3.8) is 0 Å². The number of sulfone groups is 1. The molecule has 0 aromatic heterocycles. The van der Waals surface area contributed by atoms with Crippen LogP contribution in [0.15, 0.2) is 24.3 Å². The summed E-state index contributed by atoms with van der Waals surface area (Å²) in [5, 5.41) is 2.23. The minimum atomic E-state index is -3.17. The molecule has 1 heterocycles. The Balaban J connectivity index is 1.88. The molecule has 0 spiro atoms. The molecule has 0 saturated carbocycles. The van der Waals surface area contributed by atoms with Crippen molar-refractivity contribution in [3.8, 4) is 0 Å². The number of carbonyl (C=O) groups is 3. The van der Waals surface area contributed by atoms with Gasteiger partial charge >= 0.3 is 5.97 Å². The first-order valence-corrected chi connectivity index (χ1v) is 11.2. The maximum absolute atomic E-state index is 13.5. The minimum Gasteiger partial charge on any atom is -0.454 e. The van der Waals surface area contributed by atoms with Crippen LogP contribution >= 0.6 is 0 Å². The van der Waals surface area contributed by atoms with Gasteiger partial charge in [-0.1, -0.05) is 19.1 Å². The molecule has 29 heavy (non-hydrogen) atoms. The van der Waals surface area contributed by atoms with Gasteiger partial charge in [-0.05, 0) is 31.9 Å². The van der Waals surface area contributed by atoms with E-state index in [9.17, 15) is 27.2 Å². The normalized spacial score (nSPS) is 18.7. The van der Waals surface area contributed by atoms with Crippen molar-refractivity contribution in [1.29, 1.82) is 0 Å². The first-order valence-electron chi connectivity index (χ1n) is 9.34. The molecule has 8 nitrogen and oxygen atoms in total. The Labute approximate surface area is 169 Å². The van der Waals surface area contributed by atoms with Gasteiger partial charge in [0.25, 0.3) is 11.8 Å². The molecule has 2 rings (SSSR count). The van der Waals surface area contributed by atoms with Crippen molar-refractivity contribution >= 4 is 27.6 Å². The van der Waals surface area contributed by atoms with E-state index >= 15 is 0 Å². The third-order valence-corrected chi connectivity index (χ3v) is 6.57. The fourth-order valence-corrected chi connectivity index (χ4v) is 4.87. The Kier molecular flexibility index (Phi) is 7.72. The molecular weight excluding hydrogens is 403 g/mol. The second kappa shape index (κ2) is 9.82. The molecule has 160 valence electrons. The molecule has 0 bridgehead atoms. The molecule has 0 unspecified atom stereocenters. The summed E-state index contributed by atoms with van der Waals surface area (Å²) in [4.78, 5) is 37.8. The molecule has 1 N–H and O–H groups in total. The average Bonchev–Trinajstić information content (AvgIpc) is 3.03. The van der Waals surface area contributed by atoms with Gasteiger partial charge < -0.3 is 15.0 Å². The largest absolute Gasteiger partial charge is 0.454 e. The zero-order valence-corrected chi connectivity index (χ0v) is 17.2. The third-order valence-electron chi connectivity index (χ3n) is 4.82. The second-order valence-electron chi connectivity index (χ2n) is 6.94.